The first-order valence-corrected chi connectivity index (χ1v) is 7.50. The molecule has 1 saturated carbocycles. The topological polar surface area (TPSA) is 15.3 Å². The fourth-order valence-corrected chi connectivity index (χ4v) is 2.89. The van der Waals surface area contributed by atoms with Crippen LogP contribution in [0.5, 0.6) is 0 Å². The van der Waals surface area contributed by atoms with Gasteiger partial charge in [0.1, 0.15) is 5.82 Å². The van der Waals surface area contributed by atoms with Gasteiger partial charge in [-0.2, -0.15) is 0 Å². The molecule has 2 nitrogen and oxygen atoms in total. The Hall–Kier alpha value is -0.930. The summed E-state index contributed by atoms with van der Waals surface area (Å²) in [5.74, 6) is 0.859. The number of rotatable bonds is 5. The highest BCUT2D eigenvalue weighted by atomic mass is 19.1. The lowest BCUT2D eigenvalue weighted by atomic mass is 10.0. The van der Waals surface area contributed by atoms with Crippen molar-refractivity contribution >= 4 is 0 Å². The summed E-state index contributed by atoms with van der Waals surface area (Å²) in [6.07, 6.45) is 5.29. The van der Waals surface area contributed by atoms with Gasteiger partial charge < -0.3 is 5.32 Å². The Balaban J connectivity index is 1.51. The van der Waals surface area contributed by atoms with Crippen LogP contribution in [-0.4, -0.2) is 30.6 Å². The quantitative estimate of drug-likeness (QED) is 0.878. The van der Waals surface area contributed by atoms with Gasteiger partial charge in [0, 0.05) is 24.7 Å². The number of nitrogens with one attached hydrogen (secondary N) is 1. The van der Waals surface area contributed by atoms with Crippen LogP contribution >= 0.6 is 0 Å². The van der Waals surface area contributed by atoms with Crippen LogP contribution in [0.1, 0.15) is 31.2 Å². The van der Waals surface area contributed by atoms with Gasteiger partial charge in [0.2, 0.25) is 0 Å². The van der Waals surface area contributed by atoms with E-state index in [1.807, 2.05) is 12.1 Å². The molecule has 1 saturated heterocycles. The summed E-state index contributed by atoms with van der Waals surface area (Å²) in [6, 6.07) is 7.74. The smallest absolute Gasteiger partial charge is 0.127 e. The SMILES string of the molecule is Fc1ccccc1CN1CCC[C@H](NCC2CC2)C1. The minimum atomic E-state index is -0.0736. The van der Waals surface area contributed by atoms with Crippen molar-refractivity contribution in [3.05, 3.63) is 35.6 Å². The fraction of sp³-hybridized carbons (Fsp3) is 0.625. The van der Waals surface area contributed by atoms with Crippen LogP contribution < -0.4 is 5.32 Å². The highest BCUT2D eigenvalue weighted by Crippen LogP contribution is 2.28. The van der Waals surface area contributed by atoms with E-state index in [1.165, 1.54) is 32.2 Å². The van der Waals surface area contributed by atoms with Crippen molar-refractivity contribution in [2.45, 2.75) is 38.3 Å². The molecule has 104 valence electrons. The lowest BCUT2D eigenvalue weighted by Gasteiger charge is -2.33. The molecule has 0 bridgehead atoms. The Morgan fingerprint density at radius 1 is 1.21 bits per heavy atom. The van der Waals surface area contributed by atoms with Gasteiger partial charge in [-0.1, -0.05) is 18.2 Å². The van der Waals surface area contributed by atoms with E-state index in [0.29, 0.717) is 6.04 Å². The molecule has 1 N–H and O–H groups in total. The highest BCUT2D eigenvalue weighted by Gasteiger charge is 2.25. The average Bonchev–Trinajstić information content (AvgIpc) is 3.24. The molecule has 1 aromatic rings. The van der Waals surface area contributed by atoms with Gasteiger partial charge in [0.05, 0.1) is 0 Å². The number of benzene rings is 1. The second kappa shape index (κ2) is 6.02. The monoisotopic (exact) mass is 262 g/mol. The molecule has 1 atom stereocenters. The maximum atomic E-state index is 13.7. The van der Waals surface area contributed by atoms with Crippen molar-refractivity contribution in [1.29, 1.82) is 0 Å². The summed E-state index contributed by atoms with van der Waals surface area (Å²) in [5.41, 5.74) is 0.824. The Kier molecular flexibility index (Phi) is 4.14. The van der Waals surface area contributed by atoms with Crippen LogP contribution in [0.2, 0.25) is 0 Å². The maximum absolute atomic E-state index is 13.7. The molecule has 1 aliphatic heterocycles. The first-order valence-electron chi connectivity index (χ1n) is 7.50. The van der Waals surface area contributed by atoms with E-state index in [4.69, 9.17) is 0 Å². The maximum Gasteiger partial charge on any atom is 0.127 e. The van der Waals surface area contributed by atoms with Gasteiger partial charge in [-0.05, 0) is 50.8 Å². The largest absolute Gasteiger partial charge is 0.312 e. The lowest BCUT2D eigenvalue weighted by Crippen LogP contribution is -2.45. The Labute approximate surface area is 115 Å². The van der Waals surface area contributed by atoms with Crippen LogP contribution in [0.25, 0.3) is 0 Å². The Morgan fingerprint density at radius 2 is 2.05 bits per heavy atom. The number of likely N-dealkylation sites (tertiary alicyclic amines) is 1. The molecule has 0 unspecified atom stereocenters. The van der Waals surface area contributed by atoms with E-state index < -0.39 is 0 Å². The third-order valence-corrected chi connectivity index (χ3v) is 4.25. The highest BCUT2D eigenvalue weighted by molar-refractivity contribution is 5.17. The van der Waals surface area contributed by atoms with Crippen molar-refractivity contribution in [2.24, 2.45) is 5.92 Å². The summed E-state index contributed by atoms with van der Waals surface area (Å²) < 4.78 is 13.7. The van der Waals surface area contributed by atoms with E-state index >= 15 is 0 Å². The lowest BCUT2D eigenvalue weighted by molar-refractivity contribution is 0.181. The standard InChI is InChI=1S/C16H23FN2/c17-16-6-2-1-4-14(16)11-19-9-3-5-15(12-19)18-10-13-7-8-13/h1-2,4,6,13,15,18H,3,5,7-12H2/t15-/m0/s1. The van der Waals surface area contributed by atoms with E-state index in [9.17, 15) is 4.39 Å². The fourth-order valence-electron chi connectivity index (χ4n) is 2.89. The molecule has 2 aliphatic rings. The summed E-state index contributed by atoms with van der Waals surface area (Å²) in [4.78, 5) is 2.38. The van der Waals surface area contributed by atoms with Crippen molar-refractivity contribution in [3.63, 3.8) is 0 Å². The van der Waals surface area contributed by atoms with Gasteiger partial charge in [-0.15, -0.1) is 0 Å². The second-order valence-electron chi connectivity index (χ2n) is 6.02. The summed E-state index contributed by atoms with van der Waals surface area (Å²) in [5, 5.41) is 3.68. The molecular weight excluding hydrogens is 239 g/mol. The van der Waals surface area contributed by atoms with Crippen molar-refractivity contribution in [3.8, 4) is 0 Å². The average molecular weight is 262 g/mol. The second-order valence-corrected chi connectivity index (χ2v) is 6.02. The minimum absolute atomic E-state index is 0.0736. The number of nitrogens with zero attached hydrogens (tertiary/aromatic N) is 1. The van der Waals surface area contributed by atoms with Crippen molar-refractivity contribution in [1.82, 2.24) is 10.2 Å². The summed E-state index contributed by atoms with van der Waals surface area (Å²) in [7, 11) is 0. The van der Waals surface area contributed by atoms with Crippen LogP contribution in [0.3, 0.4) is 0 Å². The first-order chi connectivity index (χ1) is 9.31. The predicted octanol–water partition coefficient (Wildman–Crippen LogP) is 2.79. The number of hydrogen-bond donors (Lipinski definition) is 1. The van der Waals surface area contributed by atoms with E-state index in [-0.39, 0.29) is 5.82 Å². The molecule has 2 fully saturated rings. The minimum Gasteiger partial charge on any atom is -0.312 e. The van der Waals surface area contributed by atoms with Gasteiger partial charge in [0.15, 0.2) is 0 Å². The van der Waals surface area contributed by atoms with E-state index in [2.05, 4.69) is 10.2 Å². The zero-order valence-corrected chi connectivity index (χ0v) is 11.4. The molecule has 3 rings (SSSR count). The normalized spacial score (nSPS) is 24.6. The third kappa shape index (κ3) is 3.77. The number of piperidine rings is 1. The molecule has 19 heavy (non-hydrogen) atoms. The van der Waals surface area contributed by atoms with Crippen molar-refractivity contribution in [2.75, 3.05) is 19.6 Å². The molecular formula is C16H23FN2. The van der Waals surface area contributed by atoms with Crippen LogP contribution in [0, 0.1) is 11.7 Å². The zero-order valence-electron chi connectivity index (χ0n) is 11.4. The molecule has 0 radical (unpaired) electrons. The molecule has 1 aliphatic carbocycles. The van der Waals surface area contributed by atoms with Crippen LogP contribution in [0.15, 0.2) is 24.3 Å². The number of halogens is 1. The van der Waals surface area contributed by atoms with Gasteiger partial charge in [0.25, 0.3) is 0 Å². The Bertz CT molecular complexity index is 417. The molecule has 1 aromatic carbocycles. The molecule has 3 heteroatoms. The van der Waals surface area contributed by atoms with Crippen LogP contribution in [0.4, 0.5) is 4.39 Å². The first kappa shape index (κ1) is 13.1. The number of hydrogen-bond acceptors (Lipinski definition) is 2. The van der Waals surface area contributed by atoms with Gasteiger partial charge in [-0.3, -0.25) is 4.90 Å². The zero-order chi connectivity index (χ0) is 13.1. The molecule has 1 heterocycles. The van der Waals surface area contributed by atoms with Crippen LogP contribution in [-0.2, 0) is 6.54 Å². The van der Waals surface area contributed by atoms with E-state index in [1.54, 1.807) is 12.1 Å². The van der Waals surface area contributed by atoms with Crippen molar-refractivity contribution < 1.29 is 4.39 Å². The third-order valence-electron chi connectivity index (χ3n) is 4.25. The molecule has 0 aromatic heterocycles. The van der Waals surface area contributed by atoms with Gasteiger partial charge >= 0.3 is 0 Å². The van der Waals surface area contributed by atoms with Gasteiger partial charge in [-0.25, -0.2) is 4.39 Å². The summed E-state index contributed by atoms with van der Waals surface area (Å²) >= 11 is 0. The predicted molar refractivity (Wildman–Crippen MR) is 75.4 cm³/mol. The summed E-state index contributed by atoms with van der Waals surface area (Å²) in [6.45, 7) is 4.07. The van der Waals surface area contributed by atoms with E-state index in [0.717, 1.165) is 31.1 Å². The molecule has 0 amide bonds. The Morgan fingerprint density at radius 3 is 2.84 bits per heavy atom. The molecule has 0 spiro atoms.